The largest absolute Gasteiger partial charge is 0.353 e. The number of fused-ring (bicyclic) bond motifs is 2. The van der Waals surface area contributed by atoms with E-state index in [9.17, 15) is 8.42 Å². The van der Waals surface area contributed by atoms with E-state index in [0.29, 0.717) is 29.5 Å². The van der Waals surface area contributed by atoms with Crippen LogP contribution in [-0.2, 0) is 9.84 Å². The van der Waals surface area contributed by atoms with Crippen molar-refractivity contribution in [3.63, 3.8) is 0 Å². The number of nitrogens with zero attached hydrogens (tertiary/aromatic N) is 2. The number of rotatable bonds is 4. The molecule has 5 nitrogen and oxygen atoms in total. The van der Waals surface area contributed by atoms with Gasteiger partial charge in [-0.15, -0.1) is 24.0 Å². The first-order valence-electron chi connectivity index (χ1n) is 10.6. The summed E-state index contributed by atoms with van der Waals surface area (Å²) in [5.41, 5.74) is 0.383. The van der Waals surface area contributed by atoms with Gasteiger partial charge in [-0.1, -0.05) is 20.3 Å². The van der Waals surface area contributed by atoms with Crippen LogP contribution in [-0.4, -0.2) is 56.5 Å². The van der Waals surface area contributed by atoms with Crippen LogP contribution < -0.4 is 5.32 Å². The highest BCUT2D eigenvalue weighted by molar-refractivity contribution is 14.0. The van der Waals surface area contributed by atoms with E-state index in [0.717, 1.165) is 37.3 Å². The molecule has 5 unspecified atom stereocenters. The quantitative estimate of drug-likeness (QED) is 0.359. The van der Waals surface area contributed by atoms with Gasteiger partial charge in [0.2, 0.25) is 0 Å². The Bertz CT molecular complexity index is 668. The molecule has 2 saturated carbocycles. The van der Waals surface area contributed by atoms with Gasteiger partial charge in [-0.25, -0.2) is 8.42 Å². The van der Waals surface area contributed by atoms with Crippen molar-refractivity contribution < 1.29 is 8.42 Å². The van der Waals surface area contributed by atoms with Gasteiger partial charge in [-0.2, -0.15) is 0 Å². The van der Waals surface area contributed by atoms with E-state index in [1.807, 2.05) is 0 Å². The zero-order chi connectivity index (χ0) is 18.4. The summed E-state index contributed by atoms with van der Waals surface area (Å²) in [4.78, 5) is 7.41. The number of guanidine groups is 1. The number of hydrogen-bond acceptors (Lipinski definition) is 3. The van der Waals surface area contributed by atoms with Crippen LogP contribution in [0, 0.1) is 23.2 Å². The van der Waals surface area contributed by atoms with Crippen molar-refractivity contribution in [2.24, 2.45) is 28.2 Å². The smallest absolute Gasteiger partial charge is 0.194 e. The van der Waals surface area contributed by atoms with E-state index in [1.54, 1.807) is 0 Å². The molecule has 4 rings (SSSR count). The molecular weight excluding hydrogens is 473 g/mol. The summed E-state index contributed by atoms with van der Waals surface area (Å²) >= 11 is 0. The second-order valence-corrected chi connectivity index (χ2v) is 11.9. The van der Waals surface area contributed by atoms with Crippen molar-refractivity contribution in [3.05, 3.63) is 0 Å². The van der Waals surface area contributed by atoms with Crippen LogP contribution in [0.5, 0.6) is 0 Å². The second-order valence-electron chi connectivity index (χ2n) is 9.69. The maximum absolute atomic E-state index is 11.8. The molecule has 4 aliphatic rings. The molecule has 5 atom stereocenters. The van der Waals surface area contributed by atoms with Crippen LogP contribution in [0.4, 0.5) is 0 Å². The van der Waals surface area contributed by atoms with Crippen molar-refractivity contribution in [1.29, 1.82) is 0 Å². The Morgan fingerprint density at radius 3 is 2.63 bits per heavy atom. The fourth-order valence-corrected chi connectivity index (χ4v) is 7.40. The summed E-state index contributed by atoms with van der Waals surface area (Å²) in [6, 6.07) is 0.577. The standard InChI is InChI=1S/C20H35N3O2S.HI/c1-3-20(2)7-8-23(14-20)19(21-12-16-6-9-26(24,25)13-16)22-18-11-15-4-5-17(18)10-15;/h15-18H,3-14H2,1-2H3,(H,21,22);1H. The predicted octanol–water partition coefficient (Wildman–Crippen LogP) is 3.30. The Morgan fingerprint density at radius 1 is 1.26 bits per heavy atom. The minimum absolute atomic E-state index is 0. The number of halogens is 1. The normalized spacial score (nSPS) is 40.4. The average Bonchev–Trinajstić information content (AvgIpc) is 3.36. The summed E-state index contributed by atoms with van der Waals surface area (Å²) in [5.74, 6) is 3.67. The van der Waals surface area contributed by atoms with Gasteiger partial charge in [0.15, 0.2) is 15.8 Å². The lowest BCUT2D eigenvalue weighted by Gasteiger charge is -2.31. The van der Waals surface area contributed by atoms with Gasteiger partial charge in [0, 0.05) is 25.7 Å². The highest BCUT2D eigenvalue weighted by atomic mass is 127. The third-order valence-corrected chi connectivity index (χ3v) is 9.43. The molecule has 27 heavy (non-hydrogen) atoms. The van der Waals surface area contributed by atoms with Gasteiger partial charge in [0.1, 0.15) is 0 Å². The average molecular weight is 509 g/mol. The van der Waals surface area contributed by atoms with E-state index >= 15 is 0 Å². The molecule has 2 heterocycles. The molecular formula is C20H36IN3O2S. The van der Waals surface area contributed by atoms with Gasteiger partial charge >= 0.3 is 0 Å². The zero-order valence-electron chi connectivity index (χ0n) is 16.8. The van der Waals surface area contributed by atoms with Crippen LogP contribution in [0.3, 0.4) is 0 Å². The van der Waals surface area contributed by atoms with Gasteiger partial charge in [0.25, 0.3) is 0 Å². The Labute approximate surface area is 182 Å². The Balaban J connectivity index is 0.00000210. The van der Waals surface area contributed by atoms with Crippen LogP contribution in [0.15, 0.2) is 4.99 Å². The molecule has 0 amide bonds. The van der Waals surface area contributed by atoms with E-state index in [4.69, 9.17) is 4.99 Å². The second kappa shape index (κ2) is 8.36. The first-order chi connectivity index (χ1) is 12.4. The minimum Gasteiger partial charge on any atom is -0.353 e. The molecule has 0 spiro atoms. The molecule has 0 aromatic carbocycles. The van der Waals surface area contributed by atoms with Crippen LogP contribution in [0.2, 0.25) is 0 Å². The van der Waals surface area contributed by atoms with E-state index < -0.39 is 9.84 Å². The molecule has 2 bridgehead atoms. The summed E-state index contributed by atoms with van der Waals surface area (Å²) in [6.07, 6.45) is 8.65. The summed E-state index contributed by atoms with van der Waals surface area (Å²) in [6.45, 7) is 7.46. The van der Waals surface area contributed by atoms with Gasteiger partial charge in [-0.05, 0) is 61.7 Å². The van der Waals surface area contributed by atoms with Crippen molar-refractivity contribution in [3.8, 4) is 0 Å². The Kier molecular flexibility index (Phi) is 6.71. The maximum atomic E-state index is 11.8. The molecule has 2 aliphatic carbocycles. The minimum atomic E-state index is -2.82. The van der Waals surface area contributed by atoms with Crippen LogP contribution >= 0.6 is 24.0 Å². The SMILES string of the molecule is CCC1(C)CCN(C(=NCC2CCS(=O)(=O)C2)NC2CC3CCC2C3)C1.I. The summed E-state index contributed by atoms with van der Waals surface area (Å²) < 4.78 is 23.5. The number of nitrogens with one attached hydrogen (secondary N) is 1. The lowest BCUT2D eigenvalue weighted by atomic mass is 9.87. The molecule has 0 aromatic heterocycles. The van der Waals surface area contributed by atoms with Gasteiger partial charge < -0.3 is 10.2 Å². The highest BCUT2D eigenvalue weighted by Crippen LogP contribution is 2.44. The van der Waals surface area contributed by atoms with Crippen molar-refractivity contribution in [2.45, 2.75) is 64.8 Å². The monoisotopic (exact) mass is 509 g/mol. The molecule has 2 aliphatic heterocycles. The molecule has 0 aromatic rings. The van der Waals surface area contributed by atoms with Gasteiger partial charge in [-0.3, -0.25) is 4.99 Å². The molecule has 7 heteroatoms. The third kappa shape index (κ3) is 4.93. The molecule has 0 radical (unpaired) electrons. The molecule has 156 valence electrons. The lowest BCUT2D eigenvalue weighted by Crippen LogP contribution is -2.47. The van der Waals surface area contributed by atoms with E-state index in [1.165, 1.54) is 38.5 Å². The van der Waals surface area contributed by atoms with Crippen LogP contribution in [0.25, 0.3) is 0 Å². The van der Waals surface area contributed by atoms with E-state index in [2.05, 4.69) is 24.1 Å². The predicted molar refractivity (Wildman–Crippen MR) is 121 cm³/mol. The summed E-state index contributed by atoms with van der Waals surface area (Å²) in [5, 5.41) is 3.82. The number of aliphatic imine (C=N–C) groups is 1. The van der Waals surface area contributed by atoms with Crippen LogP contribution in [0.1, 0.15) is 58.8 Å². The van der Waals surface area contributed by atoms with Gasteiger partial charge in [0.05, 0.1) is 11.5 Å². The fraction of sp³-hybridized carbons (Fsp3) is 0.950. The number of hydrogen-bond donors (Lipinski definition) is 1. The third-order valence-electron chi connectivity index (χ3n) is 7.59. The van der Waals surface area contributed by atoms with Crippen molar-refractivity contribution >= 4 is 39.8 Å². The highest BCUT2D eigenvalue weighted by Gasteiger charge is 2.41. The van der Waals surface area contributed by atoms with Crippen molar-refractivity contribution in [1.82, 2.24) is 10.2 Å². The topological polar surface area (TPSA) is 61.8 Å². The first kappa shape index (κ1) is 21.7. The molecule has 4 fully saturated rings. The summed E-state index contributed by atoms with van der Waals surface area (Å²) in [7, 11) is -2.82. The number of sulfone groups is 1. The van der Waals surface area contributed by atoms with E-state index in [-0.39, 0.29) is 29.9 Å². The Hall–Kier alpha value is -0.0500. The Morgan fingerprint density at radius 2 is 2.07 bits per heavy atom. The molecule has 2 saturated heterocycles. The zero-order valence-corrected chi connectivity index (χ0v) is 20.0. The lowest BCUT2D eigenvalue weighted by molar-refractivity contribution is 0.315. The number of likely N-dealkylation sites (tertiary alicyclic amines) is 1. The fourth-order valence-electron chi connectivity index (χ4n) is 5.55. The molecule has 1 N–H and O–H groups in total. The first-order valence-corrected chi connectivity index (χ1v) is 12.4. The maximum Gasteiger partial charge on any atom is 0.194 e. The van der Waals surface area contributed by atoms with Crippen molar-refractivity contribution in [2.75, 3.05) is 31.1 Å².